The van der Waals surface area contributed by atoms with E-state index in [-0.39, 0.29) is 52.3 Å². The normalized spacial score (nSPS) is 28.1. The zero-order chi connectivity index (χ0) is 48.7. The smallest absolute Gasteiger partial charge is 0.330 e. The second kappa shape index (κ2) is 20.0. The van der Waals surface area contributed by atoms with Gasteiger partial charge in [0.2, 0.25) is 18.4 Å². The minimum Gasteiger partial charge on any atom is -0.408 e. The molecule has 1 aromatic carbocycles. The van der Waals surface area contributed by atoms with Gasteiger partial charge < -0.3 is 47.0 Å². The molecule has 0 spiro atoms. The molecule has 2 bridgehead atoms. The lowest BCUT2D eigenvalue weighted by molar-refractivity contribution is -0.118. The number of nitrogens with zero attached hydrogens (tertiary/aromatic N) is 8. The molecule has 3 aliphatic rings. The molecule has 2 amide bonds. The van der Waals surface area contributed by atoms with Gasteiger partial charge in [0.25, 0.3) is 11.5 Å². The first kappa shape index (κ1) is 49.8. The van der Waals surface area contributed by atoms with Gasteiger partial charge in [-0.3, -0.25) is 38.3 Å². The summed E-state index contributed by atoms with van der Waals surface area (Å²) in [5.74, 6) is -1.37. The van der Waals surface area contributed by atoms with Gasteiger partial charge in [-0.1, -0.05) is 52.8 Å². The highest BCUT2D eigenvalue weighted by Gasteiger charge is 2.55. The molecule has 0 saturated carbocycles. The van der Waals surface area contributed by atoms with E-state index in [1.54, 1.807) is 44.2 Å². The van der Waals surface area contributed by atoms with Crippen molar-refractivity contribution in [1.29, 1.82) is 0 Å². The molecule has 0 aliphatic carbocycles. The predicted octanol–water partition coefficient (Wildman–Crippen LogP) is 5.53. The third-order valence-corrected chi connectivity index (χ3v) is 19.4. The van der Waals surface area contributed by atoms with Crippen LogP contribution in [0.25, 0.3) is 27.2 Å². The average molecular weight is 1020 g/mol. The van der Waals surface area contributed by atoms with Gasteiger partial charge in [0, 0.05) is 11.5 Å². The van der Waals surface area contributed by atoms with Crippen LogP contribution in [0.5, 0.6) is 0 Å². The SMILES string of the molecule is [C-]#[N+]CCOP1(=S)OC[C@H]2O[C@@H](n3cnc4c(=O)[nH]c(NC(=O)C(C)C)nc43)C(OP(O)OC[C@H]3O[C@@H](n4cnc5c(NC(=O)c6ccccc6)ncnc54)C(F)[C@H]3O1)[C@H]2O[Si](C)(C)C(C)(C)C. The van der Waals surface area contributed by atoms with Gasteiger partial charge in [-0.2, -0.15) is 4.98 Å². The highest BCUT2D eigenvalue weighted by Crippen LogP contribution is 2.56. The zero-order valence-electron chi connectivity index (χ0n) is 37.8. The average Bonchev–Trinajstić information content (AvgIpc) is 4.06. The van der Waals surface area contributed by atoms with Crippen LogP contribution in [-0.2, 0) is 53.1 Å². The maximum absolute atomic E-state index is 17.2. The number of halogens is 1. The maximum Gasteiger partial charge on any atom is 0.330 e. The molecule has 0 radical (unpaired) electrons. The standard InChI is InChI=1S/C40H50FN11O12P2SSi/c1-21(2)34(53)49-39-48-33-27(36(55)50-39)46-20-52(33)38-30-29(64-68(7,8)40(3,4)5)24(61-38)17-59-66(67,58-15-14-42-6)63-28-23(16-57-65(56)62-30)60-37(25(28)41)51-19-45-26-31(43-18-44-32(26)51)47-35(54)22-12-10-9-11-13-22/h9-13,18-21,23-25,28-30,37-38,56H,14-17H2,1-5,7-8H3,(H,43,44,47,54)(H2,48,49,50,53,55)/t23-,24-,25?,28+,29+,30?,37-,38-,65?,66?/m1/s1. The summed E-state index contributed by atoms with van der Waals surface area (Å²) in [5.41, 5.74) is -0.124. The Balaban J connectivity index is 1.14. The molecule has 8 rings (SSSR count). The fraction of sp³-hybridized carbons (Fsp3) is 0.525. The Morgan fingerprint density at radius 3 is 2.46 bits per heavy atom. The Bertz CT molecular complexity index is 2810. The van der Waals surface area contributed by atoms with Gasteiger partial charge in [-0.15, -0.1) is 0 Å². The van der Waals surface area contributed by atoms with Crippen LogP contribution in [0.2, 0.25) is 18.1 Å². The number of hydrogen-bond acceptors (Lipinski definition) is 18. The van der Waals surface area contributed by atoms with Crippen molar-refractivity contribution in [1.82, 2.24) is 39.0 Å². The quantitative estimate of drug-likeness (QED) is 0.0549. The topological polar surface area (TPSA) is 264 Å². The van der Waals surface area contributed by atoms with Crippen molar-refractivity contribution in [2.24, 2.45) is 5.92 Å². The number of aromatic amines is 1. The molecule has 3 saturated heterocycles. The molecular weight excluding hydrogens is 968 g/mol. The first-order valence-corrected chi connectivity index (χ1v) is 28.0. The van der Waals surface area contributed by atoms with E-state index in [1.165, 1.54) is 28.1 Å². The number of carbonyl (C=O) groups excluding carboxylic acids is 2. The lowest BCUT2D eigenvalue weighted by Gasteiger charge is -2.40. The van der Waals surface area contributed by atoms with Gasteiger partial charge in [0.1, 0.15) is 43.5 Å². The third-order valence-electron chi connectivity index (χ3n) is 11.8. The van der Waals surface area contributed by atoms with Gasteiger partial charge in [0.05, 0.1) is 25.9 Å². The van der Waals surface area contributed by atoms with Gasteiger partial charge >= 0.3 is 15.3 Å². The van der Waals surface area contributed by atoms with Crippen LogP contribution in [-0.4, -0.2) is 127 Å². The summed E-state index contributed by atoms with van der Waals surface area (Å²) in [6.45, 7) is 15.5. The van der Waals surface area contributed by atoms with Crippen LogP contribution in [0.3, 0.4) is 0 Å². The number of imidazole rings is 2. The monoisotopic (exact) mass is 1020 g/mol. The van der Waals surface area contributed by atoms with Crippen molar-refractivity contribution >= 4 is 81.4 Å². The molecule has 28 heteroatoms. The number of benzene rings is 1. The molecule has 5 aromatic rings. The Hall–Kier alpha value is -4.58. The number of H-pyrrole nitrogens is 1. The van der Waals surface area contributed by atoms with E-state index in [2.05, 4.69) is 45.4 Å². The Morgan fingerprint density at radius 2 is 1.75 bits per heavy atom. The molecule has 4 N–H and O–H groups in total. The summed E-state index contributed by atoms with van der Waals surface area (Å²) in [6, 6.07) is 8.46. The number of rotatable bonds is 11. The second-order valence-electron chi connectivity index (χ2n) is 17.8. The van der Waals surface area contributed by atoms with E-state index in [1.807, 2.05) is 33.9 Å². The van der Waals surface area contributed by atoms with E-state index >= 15 is 4.39 Å². The zero-order valence-corrected chi connectivity index (χ0v) is 41.4. The summed E-state index contributed by atoms with van der Waals surface area (Å²) in [6.07, 6.45) is -7.17. The molecular formula is C40H50FN11O12P2SSi. The van der Waals surface area contributed by atoms with Crippen LogP contribution >= 0.6 is 15.3 Å². The molecule has 23 nitrogen and oxygen atoms in total. The molecule has 4 aromatic heterocycles. The van der Waals surface area contributed by atoms with Crippen LogP contribution in [0.4, 0.5) is 16.2 Å². The number of hydrogen-bond donors (Lipinski definition) is 4. The Kier molecular flexibility index (Phi) is 14.7. The van der Waals surface area contributed by atoms with E-state index in [4.69, 9.17) is 54.9 Å². The van der Waals surface area contributed by atoms with Crippen molar-refractivity contribution in [2.75, 3.05) is 37.0 Å². The molecule has 3 aliphatic heterocycles. The summed E-state index contributed by atoms with van der Waals surface area (Å²) < 4.78 is 70.8. The number of ether oxygens (including phenoxy) is 2. The lowest BCUT2D eigenvalue weighted by atomic mass is 10.1. The number of amides is 2. The number of carbonyl (C=O) groups is 2. The van der Waals surface area contributed by atoms with Crippen LogP contribution < -0.4 is 16.2 Å². The maximum atomic E-state index is 17.2. The molecule has 10 atom stereocenters. The van der Waals surface area contributed by atoms with Crippen molar-refractivity contribution in [3.63, 3.8) is 0 Å². The van der Waals surface area contributed by atoms with Crippen LogP contribution in [0.1, 0.15) is 57.4 Å². The van der Waals surface area contributed by atoms with E-state index in [0.717, 1.165) is 0 Å². The van der Waals surface area contributed by atoms with Crippen molar-refractivity contribution < 1.29 is 55.4 Å². The van der Waals surface area contributed by atoms with E-state index < -0.39 is 109 Å². The number of fused-ring (bicyclic) bond motifs is 5. The predicted molar refractivity (Wildman–Crippen MR) is 249 cm³/mol. The second-order valence-corrected chi connectivity index (χ2v) is 26.5. The van der Waals surface area contributed by atoms with Gasteiger partial charge in [0.15, 0.2) is 55.1 Å². The van der Waals surface area contributed by atoms with Crippen LogP contribution in [0.15, 0.2) is 54.1 Å². The summed E-state index contributed by atoms with van der Waals surface area (Å²) in [7, 11) is -5.60. The lowest BCUT2D eigenvalue weighted by Crippen LogP contribution is -2.50. The van der Waals surface area contributed by atoms with Crippen molar-refractivity contribution in [3.05, 3.63) is 76.6 Å². The fourth-order valence-electron chi connectivity index (χ4n) is 7.23. The third kappa shape index (κ3) is 10.3. The Labute approximate surface area is 396 Å². The Morgan fingerprint density at radius 1 is 1.04 bits per heavy atom. The number of nitrogens with one attached hydrogen (secondary N) is 3. The minimum absolute atomic E-state index is 0.00417. The van der Waals surface area contributed by atoms with Crippen molar-refractivity contribution in [3.8, 4) is 0 Å². The van der Waals surface area contributed by atoms with Crippen LogP contribution in [0, 0.1) is 12.5 Å². The molecule has 7 heterocycles. The summed E-state index contributed by atoms with van der Waals surface area (Å²) in [5, 5.41) is 4.97. The highest BCUT2D eigenvalue weighted by atomic mass is 32.5. The molecule has 3 fully saturated rings. The minimum atomic E-state index is -4.06. The number of anilines is 2. The van der Waals surface area contributed by atoms with E-state index in [9.17, 15) is 19.3 Å². The fourth-order valence-corrected chi connectivity index (χ4v) is 11.4. The first-order chi connectivity index (χ1) is 32.3. The highest BCUT2D eigenvalue weighted by molar-refractivity contribution is 8.07. The first-order valence-electron chi connectivity index (χ1n) is 21.4. The summed E-state index contributed by atoms with van der Waals surface area (Å²) >= 11 is 5.96. The van der Waals surface area contributed by atoms with Gasteiger partial charge in [-0.25, -0.2) is 30.9 Å². The van der Waals surface area contributed by atoms with Crippen molar-refractivity contribution in [2.45, 2.75) is 102 Å². The van der Waals surface area contributed by atoms with E-state index in [0.29, 0.717) is 5.56 Å². The number of alkyl halides is 1. The summed E-state index contributed by atoms with van der Waals surface area (Å²) in [4.78, 5) is 78.2. The number of aromatic nitrogens is 8. The molecule has 364 valence electrons. The largest absolute Gasteiger partial charge is 0.408 e. The van der Waals surface area contributed by atoms with Gasteiger partial charge in [-0.05, 0) is 42.1 Å². The molecule has 68 heavy (non-hydrogen) atoms. The molecule has 4 unspecified atom stereocenters.